The van der Waals surface area contributed by atoms with Gasteiger partial charge >= 0.3 is 0 Å². The van der Waals surface area contributed by atoms with Crippen molar-refractivity contribution in [3.63, 3.8) is 0 Å². The second-order valence-electron chi connectivity index (χ2n) is 5.58. The molecule has 0 atom stereocenters. The van der Waals surface area contributed by atoms with Crippen LogP contribution in [0.1, 0.15) is 6.92 Å². The van der Waals surface area contributed by atoms with Gasteiger partial charge in [-0.15, -0.1) is 0 Å². The molecule has 26 heavy (non-hydrogen) atoms. The highest BCUT2D eigenvalue weighted by atomic mass is 127. The van der Waals surface area contributed by atoms with Crippen molar-refractivity contribution < 1.29 is 9.72 Å². The van der Waals surface area contributed by atoms with E-state index in [4.69, 9.17) is 0 Å². The highest BCUT2D eigenvalue weighted by Crippen LogP contribution is 2.31. The van der Waals surface area contributed by atoms with Crippen molar-refractivity contribution in [1.82, 2.24) is 4.57 Å². The molecule has 1 aromatic heterocycles. The molecule has 0 aliphatic rings. The normalized spacial score (nSPS) is 10.4. The monoisotopic (exact) mass is 462 g/mol. The van der Waals surface area contributed by atoms with Crippen molar-refractivity contribution in [3.8, 4) is 5.69 Å². The Labute approximate surface area is 163 Å². The molecule has 2 N–H and O–H groups in total. The molecule has 3 rings (SSSR count). The topological polar surface area (TPSA) is 89.2 Å². The third-order valence-electron chi connectivity index (χ3n) is 3.58. The van der Waals surface area contributed by atoms with Crippen LogP contribution in [0.25, 0.3) is 5.69 Å². The summed E-state index contributed by atoms with van der Waals surface area (Å²) in [6, 6.07) is 14.2. The first-order valence-corrected chi connectivity index (χ1v) is 8.77. The Morgan fingerprint density at radius 3 is 2.46 bits per heavy atom. The highest BCUT2D eigenvalue weighted by molar-refractivity contribution is 14.1. The quantitative estimate of drug-likeness (QED) is 0.327. The predicted octanol–water partition coefficient (Wildman–Crippen LogP) is 4.69. The van der Waals surface area contributed by atoms with E-state index in [0.29, 0.717) is 17.1 Å². The van der Waals surface area contributed by atoms with Crippen LogP contribution in [0.5, 0.6) is 0 Å². The first-order chi connectivity index (χ1) is 12.4. The van der Waals surface area contributed by atoms with Crippen molar-refractivity contribution in [2.45, 2.75) is 6.92 Å². The Bertz CT molecular complexity index is 971. The van der Waals surface area contributed by atoms with E-state index in [1.807, 2.05) is 63.8 Å². The lowest BCUT2D eigenvalue weighted by Crippen LogP contribution is -2.07. The van der Waals surface area contributed by atoms with Gasteiger partial charge in [0.2, 0.25) is 5.91 Å². The van der Waals surface area contributed by atoms with E-state index in [-0.39, 0.29) is 11.6 Å². The number of rotatable bonds is 5. The van der Waals surface area contributed by atoms with Crippen molar-refractivity contribution in [3.05, 3.63) is 74.6 Å². The van der Waals surface area contributed by atoms with E-state index in [1.54, 1.807) is 18.2 Å². The van der Waals surface area contributed by atoms with Gasteiger partial charge in [0.25, 0.3) is 5.69 Å². The SMILES string of the molecule is CC(=O)Nc1cc(Nc2ccc(I)cc2[N+](=O)[O-])cc(-n2cccc2)c1. The van der Waals surface area contributed by atoms with E-state index >= 15 is 0 Å². The first-order valence-electron chi connectivity index (χ1n) is 7.69. The molecule has 2 aromatic carbocycles. The van der Waals surface area contributed by atoms with E-state index in [9.17, 15) is 14.9 Å². The van der Waals surface area contributed by atoms with Gasteiger partial charge in [0.15, 0.2) is 0 Å². The second-order valence-corrected chi connectivity index (χ2v) is 6.83. The van der Waals surface area contributed by atoms with Crippen LogP contribution in [0.4, 0.5) is 22.7 Å². The smallest absolute Gasteiger partial charge is 0.293 e. The average molecular weight is 462 g/mol. The van der Waals surface area contributed by atoms with Gasteiger partial charge in [-0.1, -0.05) is 0 Å². The van der Waals surface area contributed by atoms with Gasteiger partial charge in [0.05, 0.1) is 4.92 Å². The largest absolute Gasteiger partial charge is 0.350 e. The zero-order valence-electron chi connectivity index (χ0n) is 13.8. The minimum Gasteiger partial charge on any atom is -0.350 e. The summed E-state index contributed by atoms with van der Waals surface area (Å²) >= 11 is 2.03. The predicted molar refractivity (Wildman–Crippen MR) is 109 cm³/mol. The summed E-state index contributed by atoms with van der Waals surface area (Å²) in [5, 5.41) is 17.2. The van der Waals surface area contributed by atoms with Crippen LogP contribution in [0.2, 0.25) is 0 Å². The van der Waals surface area contributed by atoms with Crippen LogP contribution in [0.3, 0.4) is 0 Å². The Morgan fingerprint density at radius 2 is 1.81 bits per heavy atom. The summed E-state index contributed by atoms with van der Waals surface area (Å²) in [6.45, 7) is 1.43. The molecule has 0 bridgehead atoms. The molecule has 0 spiro atoms. The minimum atomic E-state index is -0.422. The van der Waals surface area contributed by atoms with Gasteiger partial charge in [-0.2, -0.15) is 0 Å². The van der Waals surface area contributed by atoms with Crippen LogP contribution in [0.15, 0.2) is 60.9 Å². The van der Waals surface area contributed by atoms with Gasteiger partial charge in [-0.05, 0) is 65.1 Å². The number of nitro benzene ring substituents is 1. The van der Waals surface area contributed by atoms with Crippen molar-refractivity contribution in [2.24, 2.45) is 0 Å². The Morgan fingerprint density at radius 1 is 1.12 bits per heavy atom. The van der Waals surface area contributed by atoms with E-state index in [0.717, 1.165) is 9.26 Å². The van der Waals surface area contributed by atoms with Crippen LogP contribution in [-0.2, 0) is 4.79 Å². The third-order valence-corrected chi connectivity index (χ3v) is 4.25. The number of aromatic nitrogens is 1. The van der Waals surface area contributed by atoms with E-state index < -0.39 is 4.92 Å². The summed E-state index contributed by atoms with van der Waals surface area (Å²) in [5.74, 6) is -0.194. The molecule has 132 valence electrons. The van der Waals surface area contributed by atoms with Crippen LogP contribution < -0.4 is 10.6 Å². The molecule has 0 saturated heterocycles. The Balaban J connectivity index is 2.03. The molecule has 0 aliphatic carbocycles. The molecule has 0 aliphatic heterocycles. The molecular formula is C18H15IN4O3. The molecule has 1 amide bonds. The summed E-state index contributed by atoms with van der Waals surface area (Å²) in [5.41, 5.74) is 2.42. The molecule has 1 heterocycles. The molecule has 0 radical (unpaired) electrons. The van der Waals surface area contributed by atoms with Gasteiger partial charge in [0.1, 0.15) is 5.69 Å². The molecule has 8 heteroatoms. The standard InChI is InChI=1S/C18H15IN4O3/c1-12(24)20-14-9-15(11-16(10-14)22-6-2-3-7-22)21-17-5-4-13(19)8-18(17)23(25)26/h2-11,21H,1H3,(H,20,24). The van der Waals surface area contributed by atoms with Crippen LogP contribution in [-0.4, -0.2) is 15.4 Å². The molecule has 0 saturated carbocycles. The maximum absolute atomic E-state index is 11.4. The molecule has 0 fully saturated rings. The number of anilines is 3. The van der Waals surface area contributed by atoms with E-state index in [2.05, 4.69) is 10.6 Å². The van der Waals surface area contributed by atoms with Crippen molar-refractivity contribution in [2.75, 3.05) is 10.6 Å². The number of hydrogen-bond donors (Lipinski definition) is 2. The number of hydrogen-bond acceptors (Lipinski definition) is 4. The van der Waals surface area contributed by atoms with Crippen LogP contribution >= 0.6 is 22.6 Å². The summed E-state index contributed by atoms with van der Waals surface area (Å²) in [6.07, 6.45) is 3.76. The number of nitrogens with zero attached hydrogens (tertiary/aromatic N) is 2. The van der Waals surface area contributed by atoms with Crippen molar-refractivity contribution in [1.29, 1.82) is 0 Å². The summed E-state index contributed by atoms with van der Waals surface area (Å²) in [4.78, 5) is 22.3. The number of halogens is 1. The molecular weight excluding hydrogens is 447 g/mol. The second kappa shape index (κ2) is 7.56. The van der Waals surface area contributed by atoms with Gasteiger partial charge in [-0.25, -0.2) is 0 Å². The fraction of sp³-hybridized carbons (Fsp3) is 0.0556. The molecule has 7 nitrogen and oxygen atoms in total. The van der Waals surface area contributed by atoms with Gasteiger partial charge in [-0.3, -0.25) is 14.9 Å². The van der Waals surface area contributed by atoms with E-state index in [1.165, 1.54) is 13.0 Å². The van der Waals surface area contributed by atoms with Crippen molar-refractivity contribution >= 4 is 51.2 Å². The minimum absolute atomic E-state index is 0.00987. The van der Waals surface area contributed by atoms with Gasteiger partial charge < -0.3 is 15.2 Å². The number of amides is 1. The lowest BCUT2D eigenvalue weighted by Gasteiger charge is -2.13. The number of nitro groups is 1. The lowest BCUT2D eigenvalue weighted by atomic mass is 10.2. The number of benzene rings is 2. The third kappa shape index (κ3) is 4.20. The zero-order valence-corrected chi connectivity index (χ0v) is 15.9. The van der Waals surface area contributed by atoms with Gasteiger partial charge in [0, 0.05) is 46.0 Å². The maximum atomic E-state index is 11.4. The molecule has 0 unspecified atom stereocenters. The summed E-state index contributed by atoms with van der Waals surface area (Å²) < 4.78 is 2.67. The Kier molecular flexibility index (Phi) is 5.21. The number of nitrogens with one attached hydrogen (secondary N) is 2. The number of carbonyl (C=O) groups is 1. The fourth-order valence-corrected chi connectivity index (χ4v) is 3.01. The average Bonchev–Trinajstić information content (AvgIpc) is 3.10. The maximum Gasteiger partial charge on any atom is 0.293 e. The first kappa shape index (κ1) is 17.9. The highest BCUT2D eigenvalue weighted by Gasteiger charge is 2.15. The lowest BCUT2D eigenvalue weighted by molar-refractivity contribution is -0.384. The zero-order chi connectivity index (χ0) is 18.7. The summed E-state index contributed by atoms with van der Waals surface area (Å²) in [7, 11) is 0. The number of carbonyl (C=O) groups excluding carboxylic acids is 1. The van der Waals surface area contributed by atoms with Crippen LogP contribution in [0, 0.1) is 13.7 Å². The fourth-order valence-electron chi connectivity index (χ4n) is 2.53. The molecule has 3 aromatic rings. The Hall–Kier alpha value is -2.88.